The number of ether oxygens (including phenoxy) is 3. The summed E-state index contributed by atoms with van der Waals surface area (Å²) >= 11 is 0. The van der Waals surface area contributed by atoms with Gasteiger partial charge in [-0.2, -0.15) is 0 Å². The summed E-state index contributed by atoms with van der Waals surface area (Å²) in [5.41, 5.74) is 3.16. The zero-order valence-electron chi connectivity index (χ0n) is 15.5. The minimum atomic E-state index is -0.616. The summed E-state index contributed by atoms with van der Waals surface area (Å²) < 4.78 is 16.5. The number of fused-ring (bicyclic) bond motifs is 1. The Morgan fingerprint density at radius 1 is 1.04 bits per heavy atom. The fraction of sp³-hybridized carbons (Fsp3) is 0.381. The third-order valence-corrected chi connectivity index (χ3v) is 4.69. The number of hydrogen-bond acceptors (Lipinski definition) is 4. The van der Waals surface area contributed by atoms with Crippen LogP contribution in [0.5, 0.6) is 17.2 Å². The third-order valence-electron chi connectivity index (χ3n) is 4.69. The highest BCUT2D eigenvalue weighted by molar-refractivity contribution is 5.95. The number of hydrogen-bond donors (Lipinski definition) is 1. The van der Waals surface area contributed by atoms with Crippen LogP contribution in [0.1, 0.15) is 30.9 Å². The van der Waals surface area contributed by atoms with Crippen LogP contribution in [0, 0.1) is 0 Å². The lowest BCUT2D eigenvalue weighted by Gasteiger charge is -2.22. The van der Waals surface area contributed by atoms with Gasteiger partial charge in [0.25, 0.3) is 5.91 Å². The van der Waals surface area contributed by atoms with E-state index in [1.807, 2.05) is 12.1 Å². The summed E-state index contributed by atoms with van der Waals surface area (Å²) in [5, 5.41) is 2.87. The highest BCUT2D eigenvalue weighted by Crippen LogP contribution is 2.31. The lowest BCUT2D eigenvalue weighted by molar-refractivity contribution is -0.122. The van der Waals surface area contributed by atoms with E-state index in [2.05, 4.69) is 11.4 Å². The molecule has 2 aromatic carbocycles. The maximum Gasteiger partial charge on any atom is 0.265 e. The zero-order chi connectivity index (χ0) is 18.5. The van der Waals surface area contributed by atoms with Crippen molar-refractivity contribution in [2.75, 3.05) is 19.5 Å². The van der Waals surface area contributed by atoms with E-state index in [-0.39, 0.29) is 5.91 Å². The van der Waals surface area contributed by atoms with E-state index in [4.69, 9.17) is 14.2 Å². The molecule has 2 aromatic rings. The monoisotopic (exact) mass is 355 g/mol. The van der Waals surface area contributed by atoms with E-state index in [1.54, 1.807) is 39.3 Å². The summed E-state index contributed by atoms with van der Waals surface area (Å²) in [6, 6.07) is 11.4. The number of amides is 1. The molecule has 0 fully saturated rings. The average Bonchev–Trinajstić information content (AvgIpc) is 2.68. The Bertz CT molecular complexity index is 788. The van der Waals surface area contributed by atoms with Crippen LogP contribution in [0.3, 0.4) is 0 Å². The Labute approximate surface area is 154 Å². The first-order chi connectivity index (χ1) is 12.6. The van der Waals surface area contributed by atoms with Crippen LogP contribution in [0.4, 0.5) is 5.69 Å². The number of carbonyl (C=O) groups is 1. The van der Waals surface area contributed by atoms with Crippen LogP contribution in [-0.4, -0.2) is 26.2 Å². The average molecular weight is 355 g/mol. The topological polar surface area (TPSA) is 56.8 Å². The molecular weight excluding hydrogens is 330 g/mol. The summed E-state index contributed by atoms with van der Waals surface area (Å²) in [7, 11) is 3.14. The van der Waals surface area contributed by atoms with Crippen LogP contribution >= 0.6 is 0 Å². The molecule has 1 aliphatic carbocycles. The van der Waals surface area contributed by atoms with E-state index in [0.717, 1.165) is 25.0 Å². The Morgan fingerprint density at radius 2 is 1.85 bits per heavy atom. The number of methoxy groups -OCH3 is 2. The SMILES string of the molecule is COc1ccc(NC(=O)[C@H](C)Oc2cccc3c2CCCC3)c(OC)c1. The fourth-order valence-electron chi connectivity index (χ4n) is 3.24. The van der Waals surface area contributed by atoms with Crippen molar-refractivity contribution >= 4 is 11.6 Å². The molecule has 0 aliphatic heterocycles. The molecule has 1 aliphatic rings. The molecule has 1 atom stereocenters. The summed E-state index contributed by atoms with van der Waals surface area (Å²) in [4.78, 5) is 12.6. The molecule has 0 saturated carbocycles. The third kappa shape index (κ3) is 3.93. The molecule has 1 amide bonds. The Balaban J connectivity index is 1.71. The maximum atomic E-state index is 12.6. The predicted octanol–water partition coefficient (Wildman–Crippen LogP) is 3.99. The summed E-state index contributed by atoms with van der Waals surface area (Å²) in [6.45, 7) is 1.76. The minimum Gasteiger partial charge on any atom is -0.497 e. The molecule has 138 valence electrons. The molecule has 5 nitrogen and oxygen atoms in total. The van der Waals surface area contributed by atoms with E-state index < -0.39 is 6.10 Å². The first-order valence-electron chi connectivity index (χ1n) is 8.92. The van der Waals surface area contributed by atoms with Gasteiger partial charge in [0.05, 0.1) is 19.9 Å². The quantitative estimate of drug-likeness (QED) is 0.851. The number of carbonyl (C=O) groups excluding carboxylic acids is 1. The molecule has 3 rings (SSSR count). The molecule has 5 heteroatoms. The summed E-state index contributed by atoms with van der Waals surface area (Å²) in [5.74, 6) is 1.80. The van der Waals surface area contributed by atoms with Crippen LogP contribution in [0.15, 0.2) is 36.4 Å². The number of benzene rings is 2. The lowest BCUT2D eigenvalue weighted by Crippen LogP contribution is -2.30. The van der Waals surface area contributed by atoms with Crippen molar-refractivity contribution in [3.63, 3.8) is 0 Å². The zero-order valence-corrected chi connectivity index (χ0v) is 15.5. The van der Waals surface area contributed by atoms with Crippen LogP contribution in [0.25, 0.3) is 0 Å². The minimum absolute atomic E-state index is 0.220. The molecule has 0 bridgehead atoms. The number of rotatable bonds is 6. The van der Waals surface area contributed by atoms with Gasteiger partial charge >= 0.3 is 0 Å². The van der Waals surface area contributed by atoms with Crippen molar-refractivity contribution in [2.45, 2.75) is 38.7 Å². The van der Waals surface area contributed by atoms with Crippen molar-refractivity contribution in [3.8, 4) is 17.2 Å². The van der Waals surface area contributed by atoms with Gasteiger partial charge in [-0.25, -0.2) is 0 Å². The highest BCUT2D eigenvalue weighted by Gasteiger charge is 2.20. The van der Waals surface area contributed by atoms with Gasteiger partial charge in [-0.05, 0) is 61.9 Å². The lowest BCUT2D eigenvalue weighted by atomic mass is 9.91. The van der Waals surface area contributed by atoms with Gasteiger partial charge < -0.3 is 19.5 Å². The van der Waals surface area contributed by atoms with Gasteiger partial charge in [-0.3, -0.25) is 4.79 Å². The van der Waals surface area contributed by atoms with Gasteiger partial charge in [-0.1, -0.05) is 12.1 Å². The van der Waals surface area contributed by atoms with E-state index >= 15 is 0 Å². The van der Waals surface area contributed by atoms with Gasteiger partial charge in [0, 0.05) is 6.07 Å². The van der Waals surface area contributed by atoms with Crippen molar-refractivity contribution in [3.05, 3.63) is 47.5 Å². The normalized spacial score (nSPS) is 14.1. The second kappa shape index (κ2) is 8.13. The van der Waals surface area contributed by atoms with Crippen molar-refractivity contribution < 1.29 is 19.0 Å². The fourth-order valence-corrected chi connectivity index (χ4v) is 3.24. The summed E-state index contributed by atoms with van der Waals surface area (Å²) in [6.07, 6.45) is 3.85. The highest BCUT2D eigenvalue weighted by atomic mass is 16.5. The van der Waals surface area contributed by atoms with Gasteiger partial charge in [-0.15, -0.1) is 0 Å². The standard InChI is InChI=1S/C21H25NO4/c1-14(26-19-10-6-8-15-7-4-5-9-17(15)19)21(23)22-18-12-11-16(24-2)13-20(18)25-3/h6,8,10-14H,4-5,7,9H2,1-3H3,(H,22,23)/t14-/m0/s1. The molecule has 0 aromatic heterocycles. The Morgan fingerprint density at radius 3 is 2.62 bits per heavy atom. The van der Waals surface area contributed by atoms with Crippen LogP contribution < -0.4 is 19.5 Å². The smallest absolute Gasteiger partial charge is 0.265 e. The van der Waals surface area contributed by atoms with Crippen molar-refractivity contribution in [1.82, 2.24) is 0 Å². The second-order valence-corrected chi connectivity index (χ2v) is 6.42. The molecule has 1 N–H and O–H groups in total. The van der Waals surface area contributed by atoms with E-state index in [1.165, 1.54) is 17.5 Å². The first kappa shape index (κ1) is 18.1. The largest absolute Gasteiger partial charge is 0.497 e. The molecule has 0 saturated heterocycles. The van der Waals surface area contributed by atoms with Crippen LogP contribution in [0.2, 0.25) is 0 Å². The van der Waals surface area contributed by atoms with E-state index in [9.17, 15) is 4.79 Å². The van der Waals surface area contributed by atoms with E-state index in [0.29, 0.717) is 17.2 Å². The molecular formula is C21H25NO4. The number of aryl methyl sites for hydroxylation is 1. The van der Waals surface area contributed by atoms with Crippen molar-refractivity contribution in [1.29, 1.82) is 0 Å². The molecule has 0 unspecified atom stereocenters. The molecule has 0 heterocycles. The maximum absolute atomic E-state index is 12.6. The molecule has 26 heavy (non-hydrogen) atoms. The van der Waals surface area contributed by atoms with Crippen LogP contribution in [-0.2, 0) is 17.6 Å². The molecule has 0 radical (unpaired) electrons. The Kier molecular flexibility index (Phi) is 5.66. The van der Waals surface area contributed by atoms with Gasteiger partial charge in [0.1, 0.15) is 17.2 Å². The van der Waals surface area contributed by atoms with Gasteiger partial charge in [0.15, 0.2) is 6.10 Å². The van der Waals surface area contributed by atoms with Gasteiger partial charge in [0.2, 0.25) is 0 Å². The first-order valence-corrected chi connectivity index (χ1v) is 8.92. The second-order valence-electron chi connectivity index (χ2n) is 6.42. The van der Waals surface area contributed by atoms with Crippen molar-refractivity contribution in [2.24, 2.45) is 0 Å². The number of nitrogens with one attached hydrogen (secondary N) is 1. The molecule has 0 spiro atoms. The predicted molar refractivity (Wildman–Crippen MR) is 101 cm³/mol. The Hall–Kier alpha value is -2.69. The number of anilines is 1.